The predicted molar refractivity (Wildman–Crippen MR) is 53.8 cm³/mol. The van der Waals surface area contributed by atoms with Crippen LogP contribution in [0.5, 0.6) is 0 Å². The predicted octanol–water partition coefficient (Wildman–Crippen LogP) is 2.93. The van der Waals surface area contributed by atoms with Crippen LogP contribution in [0.1, 0.15) is 36.6 Å². The molecule has 0 saturated carbocycles. The minimum absolute atomic E-state index is 0.195. The molecule has 1 nitrogen and oxygen atoms in total. The van der Waals surface area contributed by atoms with Crippen LogP contribution in [0.2, 0.25) is 0 Å². The Morgan fingerprint density at radius 2 is 2.17 bits per heavy atom. The van der Waals surface area contributed by atoms with Crippen LogP contribution in [0.25, 0.3) is 0 Å². The van der Waals surface area contributed by atoms with Crippen molar-refractivity contribution < 1.29 is 5.11 Å². The number of aliphatic hydroxyl groups excluding tert-OH is 1. The zero-order chi connectivity index (χ0) is 9.14. The van der Waals surface area contributed by atoms with Gasteiger partial charge in [-0.1, -0.05) is 6.92 Å². The molecule has 0 bridgehead atoms. The van der Waals surface area contributed by atoms with E-state index in [0.29, 0.717) is 5.92 Å². The molecule has 1 aromatic rings. The molecular weight excluding hydrogens is 168 g/mol. The second kappa shape index (κ2) is 4.06. The van der Waals surface area contributed by atoms with Gasteiger partial charge in [0.2, 0.25) is 0 Å². The number of aliphatic hydroxyl groups is 1. The lowest BCUT2D eigenvalue weighted by Crippen LogP contribution is -2.05. The van der Waals surface area contributed by atoms with Gasteiger partial charge in [0.25, 0.3) is 0 Å². The molecule has 1 rings (SSSR count). The third-order valence-corrected chi connectivity index (χ3v) is 2.99. The van der Waals surface area contributed by atoms with E-state index in [0.717, 1.165) is 6.42 Å². The van der Waals surface area contributed by atoms with Gasteiger partial charge in [-0.2, -0.15) is 0 Å². The highest BCUT2D eigenvalue weighted by molar-refractivity contribution is 7.10. The third kappa shape index (κ3) is 2.32. The monoisotopic (exact) mass is 184 g/mol. The molecule has 2 atom stereocenters. The van der Waals surface area contributed by atoms with Crippen molar-refractivity contribution in [3.05, 3.63) is 21.9 Å². The van der Waals surface area contributed by atoms with E-state index in [-0.39, 0.29) is 6.10 Å². The van der Waals surface area contributed by atoms with Crippen LogP contribution in [0.3, 0.4) is 0 Å². The molecule has 1 heterocycles. The van der Waals surface area contributed by atoms with Crippen LogP contribution in [0.4, 0.5) is 0 Å². The molecule has 68 valence electrons. The van der Waals surface area contributed by atoms with Gasteiger partial charge in [-0.3, -0.25) is 0 Å². The van der Waals surface area contributed by atoms with E-state index in [4.69, 9.17) is 0 Å². The van der Waals surface area contributed by atoms with Gasteiger partial charge in [0.15, 0.2) is 0 Å². The summed E-state index contributed by atoms with van der Waals surface area (Å²) < 4.78 is 0. The summed E-state index contributed by atoms with van der Waals surface area (Å²) in [4.78, 5) is 1.38. The minimum Gasteiger partial charge on any atom is -0.393 e. The Balaban J connectivity index is 2.65. The van der Waals surface area contributed by atoms with Crippen molar-refractivity contribution in [2.45, 2.75) is 39.2 Å². The van der Waals surface area contributed by atoms with E-state index in [1.165, 1.54) is 10.4 Å². The fraction of sp³-hybridized carbons (Fsp3) is 0.600. The van der Waals surface area contributed by atoms with Crippen LogP contribution in [-0.2, 0) is 0 Å². The summed E-state index contributed by atoms with van der Waals surface area (Å²) in [6, 6.07) is 2.16. The standard InChI is InChI=1S/C10H16OS/c1-7(6-8(2)11)10-4-5-12-9(10)3/h4-5,7-8,11H,6H2,1-3H3. The fourth-order valence-corrected chi connectivity index (χ4v) is 2.37. The van der Waals surface area contributed by atoms with E-state index < -0.39 is 0 Å². The number of aryl methyl sites for hydroxylation is 1. The Hall–Kier alpha value is -0.340. The van der Waals surface area contributed by atoms with Gasteiger partial charge in [0.1, 0.15) is 0 Å². The van der Waals surface area contributed by atoms with Gasteiger partial charge in [-0.25, -0.2) is 0 Å². The molecule has 0 spiro atoms. The first-order valence-electron chi connectivity index (χ1n) is 4.33. The molecule has 2 unspecified atom stereocenters. The first kappa shape index (κ1) is 9.75. The molecule has 0 aliphatic heterocycles. The Labute approximate surface area is 78.1 Å². The lowest BCUT2D eigenvalue weighted by Gasteiger charge is -2.12. The lowest BCUT2D eigenvalue weighted by molar-refractivity contribution is 0.176. The number of thiophene rings is 1. The maximum absolute atomic E-state index is 9.22. The largest absolute Gasteiger partial charge is 0.393 e. The molecule has 0 saturated heterocycles. The summed E-state index contributed by atoms with van der Waals surface area (Å²) in [6.45, 7) is 6.15. The van der Waals surface area contributed by atoms with Crippen molar-refractivity contribution in [3.63, 3.8) is 0 Å². The molecule has 0 radical (unpaired) electrons. The van der Waals surface area contributed by atoms with Crippen LogP contribution >= 0.6 is 11.3 Å². The van der Waals surface area contributed by atoms with Gasteiger partial charge in [0, 0.05) is 4.88 Å². The summed E-state index contributed by atoms with van der Waals surface area (Å²) in [5.74, 6) is 0.483. The van der Waals surface area contributed by atoms with Crippen molar-refractivity contribution in [1.29, 1.82) is 0 Å². The highest BCUT2D eigenvalue weighted by atomic mass is 32.1. The van der Waals surface area contributed by atoms with Gasteiger partial charge in [-0.15, -0.1) is 11.3 Å². The van der Waals surface area contributed by atoms with E-state index in [2.05, 4.69) is 25.3 Å². The van der Waals surface area contributed by atoms with E-state index in [9.17, 15) is 5.11 Å². The summed E-state index contributed by atoms with van der Waals surface area (Å²) >= 11 is 1.78. The quantitative estimate of drug-likeness (QED) is 0.765. The highest BCUT2D eigenvalue weighted by Crippen LogP contribution is 2.27. The lowest BCUT2D eigenvalue weighted by atomic mass is 9.96. The fourth-order valence-electron chi connectivity index (χ4n) is 1.54. The van der Waals surface area contributed by atoms with Crippen molar-refractivity contribution in [3.8, 4) is 0 Å². The van der Waals surface area contributed by atoms with Crippen LogP contribution in [-0.4, -0.2) is 11.2 Å². The average molecular weight is 184 g/mol. The molecule has 0 aliphatic rings. The van der Waals surface area contributed by atoms with Crippen LogP contribution in [0.15, 0.2) is 11.4 Å². The van der Waals surface area contributed by atoms with Gasteiger partial charge in [-0.05, 0) is 43.2 Å². The summed E-state index contributed by atoms with van der Waals surface area (Å²) in [7, 11) is 0. The Morgan fingerprint density at radius 3 is 2.58 bits per heavy atom. The van der Waals surface area contributed by atoms with Crippen LogP contribution in [0, 0.1) is 6.92 Å². The van der Waals surface area contributed by atoms with Crippen molar-refractivity contribution in [1.82, 2.24) is 0 Å². The first-order valence-corrected chi connectivity index (χ1v) is 5.21. The molecule has 1 aromatic heterocycles. The third-order valence-electron chi connectivity index (χ3n) is 2.12. The van der Waals surface area contributed by atoms with Gasteiger partial charge in [0.05, 0.1) is 6.10 Å². The average Bonchev–Trinajstić information content (AvgIpc) is 2.33. The smallest absolute Gasteiger partial charge is 0.0517 e. The van der Waals surface area contributed by atoms with Gasteiger partial charge >= 0.3 is 0 Å². The number of hydrogen-bond acceptors (Lipinski definition) is 2. The van der Waals surface area contributed by atoms with Crippen molar-refractivity contribution >= 4 is 11.3 Å². The zero-order valence-corrected chi connectivity index (χ0v) is 8.69. The second-order valence-corrected chi connectivity index (χ2v) is 4.54. The number of hydrogen-bond donors (Lipinski definition) is 1. The van der Waals surface area contributed by atoms with E-state index >= 15 is 0 Å². The highest BCUT2D eigenvalue weighted by Gasteiger charge is 2.11. The molecule has 0 aliphatic carbocycles. The van der Waals surface area contributed by atoms with Gasteiger partial charge < -0.3 is 5.11 Å². The Kier molecular flexibility index (Phi) is 3.29. The zero-order valence-electron chi connectivity index (χ0n) is 7.87. The maximum atomic E-state index is 9.22. The van der Waals surface area contributed by atoms with Crippen molar-refractivity contribution in [2.24, 2.45) is 0 Å². The van der Waals surface area contributed by atoms with Crippen LogP contribution < -0.4 is 0 Å². The molecule has 0 amide bonds. The topological polar surface area (TPSA) is 20.2 Å². The van der Waals surface area contributed by atoms with E-state index in [1.807, 2.05) is 6.92 Å². The first-order chi connectivity index (χ1) is 5.61. The molecule has 12 heavy (non-hydrogen) atoms. The molecule has 1 N–H and O–H groups in total. The molecule has 2 heteroatoms. The molecule has 0 fully saturated rings. The summed E-state index contributed by atoms with van der Waals surface area (Å²) in [5, 5.41) is 11.3. The second-order valence-electron chi connectivity index (χ2n) is 3.42. The Bertz CT molecular complexity index is 240. The Morgan fingerprint density at radius 1 is 1.50 bits per heavy atom. The number of rotatable bonds is 3. The summed E-state index contributed by atoms with van der Waals surface area (Å²) in [6.07, 6.45) is 0.664. The molecular formula is C10H16OS. The van der Waals surface area contributed by atoms with Crippen molar-refractivity contribution in [2.75, 3.05) is 0 Å². The van der Waals surface area contributed by atoms with E-state index in [1.54, 1.807) is 11.3 Å². The maximum Gasteiger partial charge on any atom is 0.0517 e. The molecule has 0 aromatic carbocycles. The summed E-state index contributed by atoms with van der Waals surface area (Å²) in [5.41, 5.74) is 1.39. The minimum atomic E-state index is -0.195. The normalized spacial score (nSPS) is 16.0. The SMILES string of the molecule is Cc1sccc1C(C)CC(C)O.